The molecule has 1 rings (SSSR count). The normalized spacial score (nSPS) is 10.8. The maximum atomic E-state index is 11.8. The predicted octanol–water partition coefficient (Wildman–Crippen LogP) is 1.41. The summed E-state index contributed by atoms with van der Waals surface area (Å²) in [7, 11) is 0. The van der Waals surface area contributed by atoms with Crippen LogP contribution in [0.4, 0.5) is 0 Å². The van der Waals surface area contributed by atoms with Gasteiger partial charge in [0.1, 0.15) is 6.54 Å². The van der Waals surface area contributed by atoms with Crippen molar-refractivity contribution in [3.8, 4) is 0 Å². The minimum atomic E-state index is -1.10. The molecule has 0 atom stereocenters. The van der Waals surface area contributed by atoms with Crippen molar-refractivity contribution >= 4 is 11.9 Å². The van der Waals surface area contributed by atoms with E-state index in [0.29, 0.717) is 12.2 Å². The van der Waals surface area contributed by atoms with Gasteiger partial charge in [-0.1, -0.05) is 26.0 Å². The molecule has 1 aromatic heterocycles. The van der Waals surface area contributed by atoms with Crippen LogP contribution in [-0.4, -0.2) is 38.5 Å². The Hall–Kier alpha value is -1.92. The third-order valence-corrected chi connectivity index (χ3v) is 3.21. The summed E-state index contributed by atoms with van der Waals surface area (Å²) in [6, 6.07) is 0. The number of hydrogen-bond donors (Lipinski definition) is 2. The van der Waals surface area contributed by atoms with Crippen LogP contribution in [0.5, 0.6) is 0 Å². The second kappa shape index (κ2) is 7.62. The van der Waals surface area contributed by atoms with Crippen molar-refractivity contribution in [3.63, 3.8) is 0 Å². The molecule has 0 saturated carbocycles. The number of aromatic nitrogens is 3. The Labute approximate surface area is 118 Å². The largest absolute Gasteiger partial charge is 0.476 e. The van der Waals surface area contributed by atoms with Crippen molar-refractivity contribution in [2.24, 2.45) is 0 Å². The van der Waals surface area contributed by atoms with E-state index in [0.717, 1.165) is 19.3 Å². The highest BCUT2D eigenvalue weighted by Crippen LogP contribution is 2.25. The highest BCUT2D eigenvalue weighted by Gasteiger charge is 2.25. The highest BCUT2D eigenvalue weighted by molar-refractivity contribution is 5.87. The van der Waals surface area contributed by atoms with Crippen molar-refractivity contribution in [1.82, 2.24) is 20.3 Å². The van der Waals surface area contributed by atoms with E-state index in [1.807, 2.05) is 20.8 Å². The zero-order valence-electron chi connectivity index (χ0n) is 12.2. The van der Waals surface area contributed by atoms with Crippen LogP contribution in [0.3, 0.4) is 0 Å². The second-order valence-corrected chi connectivity index (χ2v) is 4.65. The summed E-state index contributed by atoms with van der Waals surface area (Å²) in [5.74, 6) is -1.25. The molecule has 0 aromatic carbocycles. The standard InChI is InChI=1S/C13H22N4O3/c1-4-7-14-10(18)8-17-12(9(5-2)6-3)11(13(19)20)15-16-17/h9H,4-8H2,1-3H3,(H,14,18)(H,19,20). The number of carboxylic acid groups (broad SMARTS) is 1. The highest BCUT2D eigenvalue weighted by atomic mass is 16.4. The average molecular weight is 282 g/mol. The predicted molar refractivity (Wildman–Crippen MR) is 73.6 cm³/mol. The maximum absolute atomic E-state index is 11.8. The van der Waals surface area contributed by atoms with Crippen LogP contribution in [0.1, 0.15) is 62.1 Å². The van der Waals surface area contributed by atoms with Crippen LogP contribution < -0.4 is 5.32 Å². The summed E-state index contributed by atoms with van der Waals surface area (Å²) >= 11 is 0. The van der Waals surface area contributed by atoms with Crippen LogP contribution in [0.2, 0.25) is 0 Å². The Bertz CT molecular complexity index is 466. The summed E-state index contributed by atoms with van der Waals surface area (Å²) < 4.78 is 1.41. The van der Waals surface area contributed by atoms with Gasteiger partial charge in [-0.2, -0.15) is 0 Å². The zero-order valence-corrected chi connectivity index (χ0v) is 12.2. The van der Waals surface area contributed by atoms with Crippen molar-refractivity contribution in [2.45, 2.75) is 52.5 Å². The van der Waals surface area contributed by atoms with Crippen LogP contribution >= 0.6 is 0 Å². The van der Waals surface area contributed by atoms with Crippen LogP contribution in [0, 0.1) is 0 Å². The number of rotatable bonds is 8. The molecule has 1 aromatic rings. The molecule has 0 saturated heterocycles. The second-order valence-electron chi connectivity index (χ2n) is 4.65. The molecule has 7 nitrogen and oxygen atoms in total. The third kappa shape index (κ3) is 3.79. The van der Waals surface area contributed by atoms with Crippen molar-refractivity contribution in [2.75, 3.05) is 6.54 Å². The van der Waals surface area contributed by atoms with Crippen LogP contribution in [0.25, 0.3) is 0 Å². The topological polar surface area (TPSA) is 97.1 Å². The number of amides is 1. The third-order valence-electron chi connectivity index (χ3n) is 3.21. The van der Waals surface area contributed by atoms with Gasteiger partial charge in [-0.25, -0.2) is 9.48 Å². The number of carboxylic acids is 1. The number of aromatic carboxylic acids is 1. The van der Waals surface area contributed by atoms with Gasteiger partial charge in [-0.15, -0.1) is 5.10 Å². The number of nitrogens with zero attached hydrogens (tertiary/aromatic N) is 3. The van der Waals surface area contributed by atoms with Crippen molar-refractivity contribution in [3.05, 3.63) is 11.4 Å². The van der Waals surface area contributed by atoms with E-state index in [-0.39, 0.29) is 24.1 Å². The summed E-state index contributed by atoms with van der Waals surface area (Å²) in [5, 5.41) is 19.5. The molecule has 0 aliphatic rings. The first kappa shape index (κ1) is 16.1. The van der Waals surface area contributed by atoms with E-state index in [2.05, 4.69) is 15.6 Å². The molecule has 0 aliphatic carbocycles. The smallest absolute Gasteiger partial charge is 0.358 e. The minimum Gasteiger partial charge on any atom is -0.476 e. The summed E-state index contributed by atoms with van der Waals surface area (Å²) in [5.41, 5.74) is 0.483. The van der Waals surface area contributed by atoms with E-state index in [9.17, 15) is 14.7 Å². The summed E-state index contributed by atoms with van der Waals surface area (Å²) in [6.07, 6.45) is 2.41. The Morgan fingerprint density at radius 2 is 1.95 bits per heavy atom. The van der Waals surface area contributed by atoms with E-state index in [1.54, 1.807) is 0 Å². The molecule has 0 spiro atoms. The molecule has 0 unspecified atom stereocenters. The van der Waals surface area contributed by atoms with Gasteiger partial charge >= 0.3 is 5.97 Å². The fourth-order valence-corrected chi connectivity index (χ4v) is 2.13. The molecule has 0 radical (unpaired) electrons. The summed E-state index contributed by atoms with van der Waals surface area (Å²) in [4.78, 5) is 23.0. The Kier molecular flexibility index (Phi) is 6.14. The number of carbonyl (C=O) groups excluding carboxylic acids is 1. The van der Waals surface area contributed by atoms with Gasteiger partial charge < -0.3 is 10.4 Å². The van der Waals surface area contributed by atoms with Crippen molar-refractivity contribution in [1.29, 1.82) is 0 Å². The lowest BCUT2D eigenvalue weighted by Gasteiger charge is -2.15. The quantitative estimate of drug-likeness (QED) is 0.751. The molecular formula is C13H22N4O3. The van der Waals surface area contributed by atoms with Crippen LogP contribution in [-0.2, 0) is 11.3 Å². The Morgan fingerprint density at radius 1 is 1.30 bits per heavy atom. The molecule has 2 N–H and O–H groups in total. The number of hydrogen-bond acceptors (Lipinski definition) is 4. The van der Waals surface area contributed by atoms with E-state index >= 15 is 0 Å². The lowest BCUT2D eigenvalue weighted by Crippen LogP contribution is -2.29. The Morgan fingerprint density at radius 3 is 2.45 bits per heavy atom. The molecule has 0 aliphatic heterocycles. The Balaban J connectivity index is 3.01. The molecule has 20 heavy (non-hydrogen) atoms. The lowest BCUT2D eigenvalue weighted by molar-refractivity contribution is -0.121. The first-order valence-corrected chi connectivity index (χ1v) is 6.98. The van der Waals surface area contributed by atoms with Gasteiger partial charge in [0.15, 0.2) is 5.69 Å². The van der Waals surface area contributed by atoms with Gasteiger partial charge in [-0.05, 0) is 19.3 Å². The number of carbonyl (C=O) groups is 2. The molecule has 1 heterocycles. The van der Waals surface area contributed by atoms with Gasteiger partial charge in [0.05, 0.1) is 5.69 Å². The van der Waals surface area contributed by atoms with Gasteiger partial charge in [0.25, 0.3) is 0 Å². The molecule has 0 fully saturated rings. The van der Waals surface area contributed by atoms with E-state index in [1.165, 1.54) is 4.68 Å². The first-order chi connectivity index (χ1) is 9.54. The fraction of sp³-hybridized carbons (Fsp3) is 0.692. The van der Waals surface area contributed by atoms with Crippen molar-refractivity contribution < 1.29 is 14.7 Å². The van der Waals surface area contributed by atoms with Gasteiger partial charge in [-0.3, -0.25) is 4.79 Å². The molecule has 112 valence electrons. The maximum Gasteiger partial charge on any atom is 0.358 e. The zero-order chi connectivity index (χ0) is 15.1. The van der Waals surface area contributed by atoms with Gasteiger partial charge in [0, 0.05) is 12.5 Å². The molecule has 0 bridgehead atoms. The first-order valence-electron chi connectivity index (χ1n) is 6.98. The molecular weight excluding hydrogens is 260 g/mol. The van der Waals surface area contributed by atoms with E-state index < -0.39 is 5.97 Å². The number of nitrogens with one attached hydrogen (secondary N) is 1. The SMILES string of the molecule is CCCNC(=O)Cn1nnc(C(=O)O)c1C(CC)CC. The average Bonchev–Trinajstić information content (AvgIpc) is 2.82. The molecule has 7 heteroatoms. The lowest BCUT2D eigenvalue weighted by atomic mass is 9.97. The van der Waals surface area contributed by atoms with Gasteiger partial charge in [0.2, 0.25) is 5.91 Å². The monoisotopic (exact) mass is 282 g/mol. The fourth-order valence-electron chi connectivity index (χ4n) is 2.13. The summed E-state index contributed by atoms with van der Waals surface area (Å²) in [6.45, 7) is 6.53. The van der Waals surface area contributed by atoms with Crippen LogP contribution in [0.15, 0.2) is 0 Å². The molecule has 1 amide bonds. The minimum absolute atomic E-state index is 0.00606. The van der Waals surface area contributed by atoms with E-state index in [4.69, 9.17) is 0 Å².